The van der Waals surface area contributed by atoms with Crippen LogP contribution < -0.4 is 0 Å². The molecule has 0 aromatic heterocycles. The summed E-state index contributed by atoms with van der Waals surface area (Å²) in [6.45, 7) is 6.96. The van der Waals surface area contributed by atoms with Crippen molar-refractivity contribution in [3.63, 3.8) is 0 Å². The van der Waals surface area contributed by atoms with Crippen molar-refractivity contribution in [2.45, 2.75) is 74.0 Å². The van der Waals surface area contributed by atoms with E-state index in [1.54, 1.807) is 14.7 Å². The molecule has 0 radical (unpaired) electrons. The fourth-order valence-electron chi connectivity index (χ4n) is 1.05. The zero-order valence-electron chi connectivity index (χ0n) is 9.68. The maximum absolute atomic E-state index is 2.32. The molecule has 0 amide bonds. The van der Waals surface area contributed by atoms with E-state index in [4.69, 9.17) is 0 Å². The van der Waals surface area contributed by atoms with Crippen LogP contribution in [0.3, 0.4) is 0 Å². The third-order valence-corrected chi connectivity index (χ3v) is 7.01. The Labute approximate surface area is 90.8 Å². The Morgan fingerprint density at radius 2 is 0.923 bits per heavy atom. The van der Waals surface area contributed by atoms with Crippen LogP contribution in [0.1, 0.15) is 59.3 Å². The van der Waals surface area contributed by atoms with Crippen molar-refractivity contribution in [2.75, 3.05) is 0 Å². The first-order valence-corrected chi connectivity index (χ1v) is 9.09. The van der Waals surface area contributed by atoms with E-state index in [2.05, 4.69) is 20.8 Å². The average Bonchev–Trinajstić information content (AvgIpc) is 2.17. The predicted molar refractivity (Wildman–Crippen MR) is 59.1 cm³/mol. The van der Waals surface area contributed by atoms with Gasteiger partial charge in [-0.1, -0.05) is 0 Å². The van der Waals surface area contributed by atoms with Gasteiger partial charge in [0.1, 0.15) is 0 Å². The van der Waals surface area contributed by atoms with Gasteiger partial charge in [0.15, 0.2) is 0 Å². The number of hydrogen-bond acceptors (Lipinski definition) is 0. The van der Waals surface area contributed by atoms with Crippen molar-refractivity contribution in [1.29, 1.82) is 0 Å². The Kier molecular flexibility index (Phi) is 11.3. The Bertz CT molecular complexity index is 72.1. The Morgan fingerprint density at radius 3 is 1.15 bits per heavy atom. The Morgan fingerprint density at radius 1 is 0.615 bits per heavy atom. The van der Waals surface area contributed by atoms with Gasteiger partial charge in [-0.2, -0.15) is 0 Å². The van der Waals surface area contributed by atoms with Crippen LogP contribution in [-0.2, 0) is 16.8 Å². The van der Waals surface area contributed by atoms with Crippen molar-refractivity contribution >= 4 is 0 Å². The van der Waals surface area contributed by atoms with E-state index in [1.165, 1.54) is 38.5 Å². The molecule has 0 aromatic carbocycles. The van der Waals surface area contributed by atoms with E-state index in [0.29, 0.717) is 0 Å². The third kappa shape index (κ3) is 8.98. The van der Waals surface area contributed by atoms with Crippen LogP contribution in [0.4, 0.5) is 0 Å². The number of rotatable bonds is 9. The zero-order valence-corrected chi connectivity index (χ0v) is 11.2. The molecule has 0 aromatic rings. The van der Waals surface area contributed by atoms with Gasteiger partial charge < -0.3 is 0 Å². The first-order valence-electron chi connectivity index (χ1n) is 5.79. The van der Waals surface area contributed by atoms with Gasteiger partial charge in [-0.3, -0.25) is 0 Å². The summed E-state index contributed by atoms with van der Waals surface area (Å²) >= 11 is -0.0742. The van der Waals surface area contributed by atoms with Crippen LogP contribution >= 0.6 is 0 Å². The minimum absolute atomic E-state index is 0.0742. The van der Waals surface area contributed by atoms with Crippen LogP contribution in [0.5, 0.6) is 0 Å². The van der Waals surface area contributed by atoms with Crippen molar-refractivity contribution in [3.8, 4) is 0 Å². The van der Waals surface area contributed by atoms with Crippen LogP contribution in [0.25, 0.3) is 0 Å². The summed E-state index contributed by atoms with van der Waals surface area (Å²) in [5.41, 5.74) is 0. The van der Waals surface area contributed by atoms with Gasteiger partial charge in [-0.25, -0.2) is 0 Å². The number of unbranched alkanes of at least 4 members (excludes halogenated alkanes) is 3. The molecule has 0 nitrogen and oxygen atoms in total. The molecule has 0 saturated carbocycles. The first kappa shape index (κ1) is 13.7. The SMILES string of the molecule is CCC[CH2][Pd]([CH2]CCC)[CH2]CCC. The van der Waals surface area contributed by atoms with Gasteiger partial charge in [0, 0.05) is 0 Å². The fourth-order valence-corrected chi connectivity index (χ4v) is 6.19. The molecule has 0 heterocycles. The summed E-state index contributed by atoms with van der Waals surface area (Å²) in [6.07, 6.45) is 8.68. The summed E-state index contributed by atoms with van der Waals surface area (Å²) in [6, 6.07) is 0. The first-order chi connectivity index (χ1) is 6.35. The van der Waals surface area contributed by atoms with E-state index in [1.807, 2.05) is 0 Å². The van der Waals surface area contributed by atoms with Crippen LogP contribution in [0.15, 0.2) is 0 Å². The fraction of sp³-hybridized carbons (Fsp3) is 1.00. The van der Waals surface area contributed by atoms with Gasteiger partial charge in [-0.05, 0) is 0 Å². The average molecular weight is 278 g/mol. The second-order valence-electron chi connectivity index (χ2n) is 3.51. The van der Waals surface area contributed by atoms with E-state index >= 15 is 0 Å². The molecule has 0 unspecified atom stereocenters. The summed E-state index contributed by atoms with van der Waals surface area (Å²) in [4.78, 5) is 4.80. The second-order valence-corrected chi connectivity index (χ2v) is 8.17. The quantitative estimate of drug-likeness (QED) is 0.504. The van der Waals surface area contributed by atoms with Crippen LogP contribution in [-0.4, -0.2) is 0 Å². The normalized spacial score (nSPS) is 11.8. The molecule has 0 fully saturated rings. The van der Waals surface area contributed by atoms with Crippen molar-refractivity contribution < 1.29 is 16.8 Å². The van der Waals surface area contributed by atoms with E-state index in [-0.39, 0.29) is 16.8 Å². The predicted octanol–water partition coefficient (Wildman–Crippen LogP) is 5.26. The molecule has 0 saturated heterocycles. The van der Waals surface area contributed by atoms with Crippen molar-refractivity contribution in [3.05, 3.63) is 0 Å². The molecular formula is C12H27Pd. The summed E-state index contributed by atoms with van der Waals surface area (Å²) < 4.78 is 0. The standard InChI is InChI=1S/3C4H9.Pd/c3*1-3-4-2;/h3*1,3-4H2,2H3;. The van der Waals surface area contributed by atoms with E-state index in [9.17, 15) is 0 Å². The molecule has 13 heavy (non-hydrogen) atoms. The molecule has 0 rings (SSSR count). The molecule has 0 aliphatic rings. The van der Waals surface area contributed by atoms with Gasteiger partial charge in [0.25, 0.3) is 0 Å². The topological polar surface area (TPSA) is 0 Å². The summed E-state index contributed by atoms with van der Waals surface area (Å²) in [5.74, 6) is 0. The van der Waals surface area contributed by atoms with Crippen LogP contribution in [0.2, 0.25) is 14.7 Å². The summed E-state index contributed by atoms with van der Waals surface area (Å²) in [5, 5.41) is 0. The molecule has 0 bridgehead atoms. The van der Waals surface area contributed by atoms with Crippen molar-refractivity contribution in [1.82, 2.24) is 0 Å². The number of hydrogen-bond donors (Lipinski definition) is 0. The minimum atomic E-state index is -0.0742. The van der Waals surface area contributed by atoms with E-state index < -0.39 is 0 Å². The zero-order chi connectivity index (χ0) is 9.94. The Balaban J connectivity index is 3.47. The third-order valence-electron chi connectivity index (χ3n) is 2.07. The van der Waals surface area contributed by atoms with Gasteiger partial charge >= 0.3 is 90.7 Å². The molecule has 0 aliphatic carbocycles. The second kappa shape index (κ2) is 10.7. The molecule has 1 heteroatoms. The molecule has 0 aliphatic heterocycles. The molecular weight excluding hydrogens is 251 g/mol. The molecule has 0 atom stereocenters. The summed E-state index contributed by atoms with van der Waals surface area (Å²) in [7, 11) is 0. The van der Waals surface area contributed by atoms with Crippen LogP contribution in [0, 0.1) is 0 Å². The van der Waals surface area contributed by atoms with Gasteiger partial charge in [-0.15, -0.1) is 0 Å². The van der Waals surface area contributed by atoms with Crippen molar-refractivity contribution in [2.24, 2.45) is 0 Å². The molecule has 0 spiro atoms. The maximum atomic E-state index is 2.32. The van der Waals surface area contributed by atoms with Gasteiger partial charge in [0.05, 0.1) is 0 Å². The van der Waals surface area contributed by atoms with Gasteiger partial charge in [0.2, 0.25) is 0 Å². The molecule has 0 N–H and O–H groups in total. The molecule has 85 valence electrons. The Hall–Kier alpha value is 0.662. The monoisotopic (exact) mass is 277 g/mol. The van der Waals surface area contributed by atoms with E-state index in [0.717, 1.165) is 0 Å².